The summed E-state index contributed by atoms with van der Waals surface area (Å²) in [5.41, 5.74) is -0.00412. The second kappa shape index (κ2) is 6.33. The quantitative estimate of drug-likeness (QED) is 0.812. The SMILES string of the molecule is CNC(COC(C)C)C1CCOC2(CCOC2)C1. The van der Waals surface area contributed by atoms with Crippen molar-refractivity contribution in [1.82, 2.24) is 5.32 Å². The van der Waals surface area contributed by atoms with Crippen molar-refractivity contribution >= 4 is 0 Å². The first-order valence-corrected chi connectivity index (χ1v) is 7.16. The summed E-state index contributed by atoms with van der Waals surface area (Å²) in [4.78, 5) is 0. The van der Waals surface area contributed by atoms with Crippen molar-refractivity contribution in [3.63, 3.8) is 0 Å². The molecule has 2 aliphatic heterocycles. The van der Waals surface area contributed by atoms with Gasteiger partial charge in [-0.1, -0.05) is 0 Å². The number of rotatable bonds is 5. The van der Waals surface area contributed by atoms with Crippen LogP contribution in [0.25, 0.3) is 0 Å². The molecule has 0 radical (unpaired) electrons. The lowest BCUT2D eigenvalue weighted by Crippen LogP contribution is -2.48. The molecule has 0 aromatic rings. The molecule has 0 aromatic heterocycles. The minimum absolute atomic E-state index is 0.00412. The van der Waals surface area contributed by atoms with Crippen LogP contribution in [-0.4, -0.2) is 51.2 Å². The van der Waals surface area contributed by atoms with Gasteiger partial charge >= 0.3 is 0 Å². The number of hydrogen-bond donors (Lipinski definition) is 1. The molecule has 1 N–H and O–H groups in total. The van der Waals surface area contributed by atoms with Gasteiger partial charge in [-0.05, 0) is 39.7 Å². The molecular weight excluding hydrogens is 230 g/mol. The van der Waals surface area contributed by atoms with Gasteiger partial charge in [-0.2, -0.15) is 0 Å². The largest absolute Gasteiger partial charge is 0.378 e. The van der Waals surface area contributed by atoms with Gasteiger partial charge in [0, 0.05) is 25.7 Å². The average molecular weight is 257 g/mol. The smallest absolute Gasteiger partial charge is 0.0939 e. The minimum atomic E-state index is -0.00412. The van der Waals surface area contributed by atoms with Crippen molar-refractivity contribution in [2.75, 3.05) is 33.5 Å². The monoisotopic (exact) mass is 257 g/mol. The first-order valence-electron chi connectivity index (χ1n) is 7.16. The fourth-order valence-corrected chi connectivity index (χ4v) is 3.02. The molecule has 2 aliphatic rings. The Hall–Kier alpha value is -0.160. The molecule has 0 aliphatic carbocycles. The van der Waals surface area contributed by atoms with Crippen molar-refractivity contribution in [2.24, 2.45) is 5.92 Å². The van der Waals surface area contributed by atoms with Crippen LogP contribution in [0.15, 0.2) is 0 Å². The average Bonchev–Trinajstić information content (AvgIpc) is 2.78. The predicted molar refractivity (Wildman–Crippen MR) is 70.8 cm³/mol. The van der Waals surface area contributed by atoms with Crippen LogP contribution in [0.4, 0.5) is 0 Å². The van der Waals surface area contributed by atoms with Gasteiger partial charge < -0.3 is 19.5 Å². The number of hydrogen-bond acceptors (Lipinski definition) is 4. The lowest BCUT2D eigenvalue weighted by Gasteiger charge is -2.40. The molecule has 2 rings (SSSR count). The van der Waals surface area contributed by atoms with Crippen LogP contribution in [0.1, 0.15) is 33.1 Å². The lowest BCUT2D eigenvalue weighted by molar-refractivity contribution is -0.107. The zero-order valence-corrected chi connectivity index (χ0v) is 11.9. The van der Waals surface area contributed by atoms with Crippen LogP contribution in [0, 0.1) is 5.92 Å². The Morgan fingerprint density at radius 3 is 2.83 bits per heavy atom. The third-order valence-electron chi connectivity index (χ3n) is 4.15. The molecular formula is C14H27NO3. The molecule has 1 spiro atoms. The van der Waals surface area contributed by atoms with E-state index in [9.17, 15) is 0 Å². The van der Waals surface area contributed by atoms with Crippen LogP contribution < -0.4 is 5.32 Å². The third-order valence-corrected chi connectivity index (χ3v) is 4.15. The second-order valence-corrected chi connectivity index (χ2v) is 5.86. The molecule has 0 aromatic carbocycles. The summed E-state index contributed by atoms with van der Waals surface area (Å²) in [6, 6.07) is 0.425. The highest BCUT2D eigenvalue weighted by Crippen LogP contribution is 2.37. The predicted octanol–water partition coefficient (Wildman–Crippen LogP) is 1.59. The zero-order valence-electron chi connectivity index (χ0n) is 11.9. The van der Waals surface area contributed by atoms with Crippen LogP contribution in [0.5, 0.6) is 0 Å². The van der Waals surface area contributed by atoms with Crippen molar-refractivity contribution < 1.29 is 14.2 Å². The standard InChI is InChI=1S/C14H27NO3/c1-11(2)17-9-13(15-3)12-4-6-18-14(8-12)5-7-16-10-14/h11-13,15H,4-10H2,1-3H3. The van der Waals surface area contributed by atoms with Crippen molar-refractivity contribution in [3.8, 4) is 0 Å². The van der Waals surface area contributed by atoms with E-state index in [-0.39, 0.29) is 5.60 Å². The van der Waals surface area contributed by atoms with E-state index >= 15 is 0 Å². The number of ether oxygens (including phenoxy) is 3. The van der Waals surface area contributed by atoms with Gasteiger partial charge in [-0.3, -0.25) is 0 Å². The Morgan fingerprint density at radius 1 is 1.39 bits per heavy atom. The summed E-state index contributed by atoms with van der Waals surface area (Å²) in [6.07, 6.45) is 3.56. The summed E-state index contributed by atoms with van der Waals surface area (Å²) < 4.78 is 17.3. The van der Waals surface area contributed by atoms with E-state index in [1.165, 1.54) is 0 Å². The third kappa shape index (κ3) is 3.44. The molecule has 18 heavy (non-hydrogen) atoms. The van der Waals surface area contributed by atoms with Gasteiger partial charge in [0.1, 0.15) is 0 Å². The molecule has 3 unspecified atom stereocenters. The van der Waals surface area contributed by atoms with Gasteiger partial charge in [0.2, 0.25) is 0 Å². The Bertz CT molecular complexity index is 251. The molecule has 0 amide bonds. The van der Waals surface area contributed by atoms with Crippen LogP contribution in [0.3, 0.4) is 0 Å². The van der Waals surface area contributed by atoms with Gasteiger partial charge in [-0.15, -0.1) is 0 Å². The van der Waals surface area contributed by atoms with Crippen molar-refractivity contribution in [2.45, 2.75) is 50.9 Å². The van der Waals surface area contributed by atoms with E-state index in [1.54, 1.807) is 0 Å². The van der Waals surface area contributed by atoms with Gasteiger partial charge in [0.05, 0.1) is 24.9 Å². The molecule has 0 bridgehead atoms. The van der Waals surface area contributed by atoms with Crippen molar-refractivity contribution in [1.29, 1.82) is 0 Å². The molecule has 2 saturated heterocycles. The van der Waals surface area contributed by atoms with E-state index in [2.05, 4.69) is 19.2 Å². The highest BCUT2D eigenvalue weighted by molar-refractivity contribution is 4.93. The Kier molecular flexibility index (Phi) is 5.01. The van der Waals surface area contributed by atoms with Crippen LogP contribution in [0.2, 0.25) is 0 Å². The summed E-state index contributed by atoms with van der Waals surface area (Å²) >= 11 is 0. The van der Waals surface area contributed by atoms with Crippen LogP contribution >= 0.6 is 0 Å². The Balaban J connectivity index is 1.89. The number of likely N-dealkylation sites (N-methyl/N-ethyl adjacent to an activating group) is 1. The van der Waals surface area contributed by atoms with Crippen molar-refractivity contribution in [3.05, 3.63) is 0 Å². The van der Waals surface area contributed by atoms with Gasteiger partial charge in [0.25, 0.3) is 0 Å². The maximum atomic E-state index is 5.98. The first kappa shape index (κ1) is 14.3. The van der Waals surface area contributed by atoms with E-state index in [4.69, 9.17) is 14.2 Å². The fraction of sp³-hybridized carbons (Fsp3) is 1.00. The van der Waals surface area contributed by atoms with E-state index in [0.29, 0.717) is 18.1 Å². The van der Waals surface area contributed by atoms with Gasteiger partial charge in [0.15, 0.2) is 0 Å². The molecule has 2 heterocycles. The summed E-state index contributed by atoms with van der Waals surface area (Å²) in [5, 5.41) is 3.41. The van der Waals surface area contributed by atoms with E-state index in [1.807, 2.05) is 7.05 Å². The molecule has 4 heteroatoms. The molecule has 4 nitrogen and oxygen atoms in total. The highest BCUT2D eigenvalue weighted by atomic mass is 16.6. The number of nitrogens with one attached hydrogen (secondary N) is 1. The maximum Gasteiger partial charge on any atom is 0.0939 e. The Morgan fingerprint density at radius 2 is 2.22 bits per heavy atom. The summed E-state index contributed by atoms with van der Waals surface area (Å²) in [6.45, 7) is 7.43. The Labute approximate surface area is 110 Å². The molecule has 0 saturated carbocycles. The molecule has 106 valence electrons. The lowest BCUT2D eigenvalue weighted by atomic mass is 9.81. The maximum absolute atomic E-state index is 5.98. The minimum Gasteiger partial charge on any atom is -0.378 e. The highest BCUT2D eigenvalue weighted by Gasteiger charge is 2.42. The molecule has 3 atom stereocenters. The first-order chi connectivity index (χ1) is 8.65. The van der Waals surface area contributed by atoms with Crippen LogP contribution in [-0.2, 0) is 14.2 Å². The normalized spacial score (nSPS) is 34.3. The molecule has 2 fully saturated rings. The topological polar surface area (TPSA) is 39.7 Å². The second-order valence-electron chi connectivity index (χ2n) is 5.86. The summed E-state index contributed by atoms with van der Waals surface area (Å²) in [5.74, 6) is 0.629. The summed E-state index contributed by atoms with van der Waals surface area (Å²) in [7, 11) is 2.03. The fourth-order valence-electron chi connectivity index (χ4n) is 3.02. The van der Waals surface area contributed by atoms with Gasteiger partial charge in [-0.25, -0.2) is 0 Å². The zero-order chi connectivity index (χ0) is 13.0. The van der Waals surface area contributed by atoms with E-state index < -0.39 is 0 Å². The van der Waals surface area contributed by atoms with E-state index in [0.717, 1.165) is 45.7 Å².